The summed E-state index contributed by atoms with van der Waals surface area (Å²) in [6.07, 6.45) is 0. The zero-order chi connectivity index (χ0) is 18.3. The molecule has 1 aliphatic rings. The van der Waals surface area contributed by atoms with Gasteiger partial charge in [0, 0.05) is 12.1 Å². The molecule has 1 heterocycles. The molecule has 9 heteroatoms. The molecule has 0 bridgehead atoms. The van der Waals surface area contributed by atoms with E-state index in [1.54, 1.807) is 0 Å². The van der Waals surface area contributed by atoms with Crippen molar-refractivity contribution < 1.29 is 24.0 Å². The Labute approximate surface area is 137 Å². The molecule has 0 aliphatic carbocycles. The average Bonchev–Trinajstić information content (AvgIpc) is 2.45. The van der Waals surface area contributed by atoms with Gasteiger partial charge in [-0.2, -0.15) is 0 Å². The first-order chi connectivity index (χ1) is 10.9. The average molecular weight is 335 g/mol. The highest BCUT2D eigenvalue weighted by atomic mass is 16.6. The van der Waals surface area contributed by atoms with Gasteiger partial charge in [0.1, 0.15) is 16.8 Å². The van der Waals surface area contributed by atoms with Crippen molar-refractivity contribution >= 4 is 23.5 Å². The Bertz CT molecular complexity index is 754. The number of carbonyl (C=O) groups is 3. The number of ether oxygens (including phenoxy) is 1. The third-order valence-electron chi connectivity index (χ3n) is 3.55. The molecule has 1 aromatic carbocycles. The van der Waals surface area contributed by atoms with Crippen LogP contribution in [0.25, 0.3) is 0 Å². The zero-order valence-corrected chi connectivity index (χ0v) is 13.6. The van der Waals surface area contributed by atoms with Crippen LogP contribution in [-0.4, -0.2) is 33.8 Å². The SMILES string of the molecule is CC1(C)NC(=O)c2cc([N+](=O)[O-])ccc2OC(=O)C(C)(C)NC1=O. The van der Waals surface area contributed by atoms with Gasteiger partial charge < -0.3 is 15.4 Å². The minimum atomic E-state index is -1.35. The molecule has 0 radical (unpaired) electrons. The van der Waals surface area contributed by atoms with Gasteiger partial charge in [-0.15, -0.1) is 0 Å². The molecule has 0 unspecified atom stereocenters. The summed E-state index contributed by atoms with van der Waals surface area (Å²) in [4.78, 5) is 47.3. The fraction of sp³-hybridized carbons (Fsp3) is 0.400. The summed E-state index contributed by atoms with van der Waals surface area (Å²) >= 11 is 0. The molecule has 0 fully saturated rings. The van der Waals surface area contributed by atoms with Crippen molar-refractivity contribution in [2.75, 3.05) is 0 Å². The molecule has 2 N–H and O–H groups in total. The summed E-state index contributed by atoms with van der Waals surface area (Å²) in [5.74, 6) is -2.27. The van der Waals surface area contributed by atoms with E-state index in [-0.39, 0.29) is 17.0 Å². The molecule has 0 saturated heterocycles. The Morgan fingerprint density at radius 2 is 1.67 bits per heavy atom. The fourth-order valence-electron chi connectivity index (χ4n) is 2.02. The summed E-state index contributed by atoms with van der Waals surface area (Å²) in [6.45, 7) is 5.83. The minimum absolute atomic E-state index is 0.122. The quantitative estimate of drug-likeness (QED) is 0.340. The summed E-state index contributed by atoms with van der Waals surface area (Å²) < 4.78 is 5.17. The number of nitro groups is 1. The highest BCUT2D eigenvalue weighted by Gasteiger charge is 2.40. The van der Waals surface area contributed by atoms with Gasteiger partial charge in [0.15, 0.2) is 0 Å². The summed E-state index contributed by atoms with van der Waals surface area (Å²) in [5.41, 5.74) is -3.22. The maximum Gasteiger partial charge on any atom is 0.336 e. The molecule has 2 rings (SSSR count). The lowest BCUT2D eigenvalue weighted by molar-refractivity contribution is -0.384. The fourth-order valence-corrected chi connectivity index (χ4v) is 2.02. The maximum absolute atomic E-state index is 12.4. The van der Waals surface area contributed by atoms with Crippen molar-refractivity contribution in [2.45, 2.75) is 38.8 Å². The summed E-state index contributed by atoms with van der Waals surface area (Å²) in [7, 11) is 0. The van der Waals surface area contributed by atoms with Gasteiger partial charge in [-0.1, -0.05) is 0 Å². The van der Waals surface area contributed by atoms with Crippen LogP contribution in [-0.2, 0) is 9.59 Å². The van der Waals surface area contributed by atoms with Gasteiger partial charge in [-0.05, 0) is 33.8 Å². The number of hydrogen-bond donors (Lipinski definition) is 2. The van der Waals surface area contributed by atoms with Gasteiger partial charge in [-0.25, -0.2) is 4.79 Å². The number of nitro benzene ring substituents is 1. The standard InChI is InChI=1S/C15H17N3O6/c1-14(2)12(20)17-15(3,4)13(21)24-10-6-5-8(18(22)23)7-9(10)11(19)16-14/h5-7H,1-4H3,(H,16,19)(H,17,20). The number of nitrogens with zero attached hydrogens (tertiary/aromatic N) is 1. The highest BCUT2D eigenvalue weighted by molar-refractivity contribution is 6.03. The molecule has 1 aromatic rings. The van der Waals surface area contributed by atoms with Crippen molar-refractivity contribution in [1.29, 1.82) is 0 Å². The van der Waals surface area contributed by atoms with E-state index in [0.29, 0.717) is 0 Å². The number of amides is 2. The molecule has 9 nitrogen and oxygen atoms in total. The van der Waals surface area contributed by atoms with Crippen LogP contribution in [0.3, 0.4) is 0 Å². The Morgan fingerprint density at radius 3 is 2.25 bits per heavy atom. The second-order valence-corrected chi connectivity index (χ2v) is 6.49. The normalized spacial score (nSPS) is 19.4. The van der Waals surface area contributed by atoms with Crippen LogP contribution in [0.1, 0.15) is 38.1 Å². The lowest BCUT2D eigenvalue weighted by Crippen LogP contribution is -2.62. The monoisotopic (exact) mass is 335 g/mol. The molecule has 24 heavy (non-hydrogen) atoms. The maximum atomic E-state index is 12.4. The van der Waals surface area contributed by atoms with Crippen molar-refractivity contribution in [2.24, 2.45) is 0 Å². The van der Waals surface area contributed by atoms with E-state index in [0.717, 1.165) is 12.1 Å². The lowest BCUT2D eigenvalue weighted by atomic mass is 9.98. The number of non-ortho nitro benzene ring substituents is 1. The van der Waals surface area contributed by atoms with Crippen LogP contribution in [0.2, 0.25) is 0 Å². The first-order valence-electron chi connectivity index (χ1n) is 7.10. The smallest absolute Gasteiger partial charge is 0.336 e. The third kappa shape index (κ3) is 3.19. The van der Waals surface area contributed by atoms with E-state index in [4.69, 9.17) is 4.74 Å². The molecule has 0 atom stereocenters. The van der Waals surface area contributed by atoms with E-state index >= 15 is 0 Å². The molecule has 2 amide bonds. The van der Waals surface area contributed by atoms with Crippen molar-refractivity contribution in [1.82, 2.24) is 10.6 Å². The Morgan fingerprint density at radius 1 is 1.04 bits per heavy atom. The van der Waals surface area contributed by atoms with E-state index in [9.17, 15) is 24.5 Å². The number of nitrogens with one attached hydrogen (secondary N) is 2. The molecule has 1 aliphatic heterocycles. The van der Waals surface area contributed by atoms with E-state index in [1.807, 2.05) is 0 Å². The van der Waals surface area contributed by atoms with Crippen LogP contribution in [0.4, 0.5) is 5.69 Å². The predicted molar refractivity (Wildman–Crippen MR) is 82.5 cm³/mol. The van der Waals surface area contributed by atoms with Crippen LogP contribution in [0.15, 0.2) is 18.2 Å². The molecule has 128 valence electrons. The molecule has 0 aromatic heterocycles. The number of fused-ring (bicyclic) bond motifs is 1. The minimum Gasteiger partial charge on any atom is -0.424 e. The van der Waals surface area contributed by atoms with Crippen molar-refractivity contribution in [3.8, 4) is 5.75 Å². The Hall–Kier alpha value is -2.97. The van der Waals surface area contributed by atoms with Gasteiger partial charge in [0.2, 0.25) is 5.91 Å². The first-order valence-corrected chi connectivity index (χ1v) is 7.10. The van der Waals surface area contributed by atoms with Gasteiger partial charge in [0.05, 0.1) is 10.5 Å². The molecule has 0 saturated carbocycles. The van der Waals surface area contributed by atoms with Crippen molar-refractivity contribution in [3.63, 3.8) is 0 Å². The summed E-state index contributed by atoms with van der Waals surface area (Å²) in [6, 6.07) is 3.31. The van der Waals surface area contributed by atoms with E-state index in [2.05, 4.69) is 10.6 Å². The molecule has 0 spiro atoms. The lowest BCUT2D eigenvalue weighted by Gasteiger charge is -2.32. The molecular weight excluding hydrogens is 318 g/mol. The highest BCUT2D eigenvalue weighted by Crippen LogP contribution is 2.27. The first kappa shape index (κ1) is 17.4. The number of esters is 1. The van der Waals surface area contributed by atoms with Gasteiger partial charge >= 0.3 is 5.97 Å². The molecular formula is C15H17N3O6. The van der Waals surface area contributed by atoms with Gasteiger partial charge in [-0.3, -0.25) is 19.7 Å². The van der Waals surface area contributed by atoms with E-state index in [1.165, 1.54) is 33.8 Å². The van der Waals surface area contributed by atoms with Gasteiger partial charge in [0.25, 0.3) is 11.6 Å². The Balaban J connectivity index is 2.61. The van der Waals surface area contributed by atoms with E-state index < -0.39 is 33.8 Å². The van der Waals surface area contributed by atoms with Crippen LogP contribution in [0, 0.1) is 10.1 Å². The predicted octanol–water partition coefficient (Wildman–Crippen LogP) is 0.917. The largest absolute Gasteiger partial charge is 0.424 e. The van der Waals surface area contributed by atoms with Crippen LogP contribution >= 0.6 is 0 Å². The zero-order valence-electron chi connectivity index (χ0n) is 13.6. The number of hydrogen-bond acceptors (Lipinski definition) is 6. The van der Waals surface area contributed by atoms with Crippen molar-refractivity contribution in [3.05, 3.63) is 33.9 Å². The third-order valence-corrected chi connectivity index (χ3v) is 3.55. The Kier molecular flexibility index (Phi) is 4.05. The number of benzene rings is 1. The second kappa shape index (κ2) is 5.59. The topological polar surface area (TPSA) is 128 Å². The number of carbonyl (C=O) groups excluding carboxylic acids is 3. The number of rotatable bonds is 1. The van der Waals surface area contributed by atoms with Crippen LogP contribution in [0.5, 0.6) is 5.75 Å². The van der Waals surface area contributed by atoms with Crippen LogP contribution < -0.4 is 15.4 Å². The second-order valence-electron chi connectivity index (χ2n) is 6.49. The summed E-state index contributed by atoms with van der Waals surface area (Å²) in [5, 5.41) is 15.9.